The van der Waals surface area contributed by atoms with Crippen LogP contribution in [0.4, 0.5) is 4.39 Å². The fraction of sp³-hybridized carbons (Fsp3) is 0.571. The first-order chi connectivity index (χ1) is 13.0. The number of hydrogen-bond acceptors (Lipinski definition) is 2. The molecule has 0 amide bonds. The number of nitrogens with zero attached hydrogens (tertiary/aromatic N) is 2. The molecule has 0 bridgehead atoms. The number of likely N-dealkylation sites (tertiary alicyclic amines) is 1. The number of aliphatic imine (C=N–C) groups is 1. The molecule has 28 heavy (non-hydrogen) atoms. The standard InChI is InChI=1S/C21H32FN5.HI/c1-15(2)14-27-10-7-18(8-11-27)26-21(23-3)24-9-6-16-13-25-20-5-4-17(22)12-19(16)20;/h4-5,12-13,15,18,25H,6-11,14H2,1-3H3,(H2,23,24,26);1H. The first-order valence-electron chi connectivity index (χ1n) is 10.00. The molecule has 2 heterocycles. The molecule has 1 aliphatic heterocycles. The molecule has 0 saturated carbocycles. The minimum absolute atomic E-state index is 0. The number of nitrogens with one attached hydrogen (secondary N) is 3. The van der Waals surface area contributed by atoms with Crippen molar-refractivity contribution in [2.75, 3.05) is 33.2 Å². The van der Waals surface area contributed by atoms with Gasteiger partial charge in [0.05, 0.1) is 0 Å². The number of hydrogen-bond donors (Lipinski definition) is 3. The average Bonchev–Trinajstić information content (AvgIpc) is 3.04. The fourth-order valence-electron chi connectivity index (χ4n) is 3.84. The second kappa shape index (κ2) is 11.0. The summed E-state index contributed by atoms with van der Waals surface area (Å²) in [6, 6.07) is 5.34. The van der Waals surface area contributed by atoms with E-state index in [0.29, 0.717) is 6.04 Å². The number of guanidine groups is 1. The van der Waals surface area contributed by atoms with Gasteiger partial charge in [0, 0.05) is 56.4 Å². The van der Waals surface area contributed by atoms with Gasteiger partial charge in [0.15, 0.2) is 5.96 Å². The average molecular weight is 501 g/mol. The van der Waals surface area contributed by atoms with E-state index in [0.717, 1.165) is 67.2 Å². The summed E-state index contributed by atoms with van der Waals surface area (Å²) in [5.74, 6) is 1.38. The van der Waals surface area contributed by atoms with E-state index in [1.165, 1.54) is 12.6 Å². The number of halogens is 2. The summed E-state index contributed by atoms with van der Waals surface area (Å²) in [5.41, 5.74) is 2.09. The summed E-state index contributed by atoms with van der Waals surface area (Å²) in [7, 11) is 1.81. The molecule has 3 rings (SSSR count). The van der Waals surface area contributed by atoms with E-state index >= 15 is 0 Å². The Bertz CT molecular complexity index is 765. The van der Waals surface area contributed by atoms with Crippen LogP contribution in [0.3, 0.4) is 0 Å². The first kappa shape index (κ1) is 22.9. The topological polar surface area (TPSA) is 55.5 Å². The van der Waals surface area contributed by atoms with Crippen LogP contribution in [0.2, 0.25) is 0 Å². The van der Waals surface area contributed by atoms with Gasteiger partial charge in [-0.3, -0.25) is 4.99 Å². The van der Waals surface area contributed by atoms with Crippen molar-refractivity contribution >= 4 is 40.8 Å². The minimum Gasteiger partial charge on any atom is -0.361 e. The Morgan fingerprint density at radius 3 is 2.75 bits per heavy atom. The summed E-state index contributed by atoms with van der Waals surface area (Å²) < 4.78 is 13.5. The van der Waals surface area contributed by atoms with Crippen LogP contribution in [0.15, 0.2) is 29.4 Å². The molecule has 7 heteroatoms. The van der Waals surface area contributed by atoms with E-state index in [1.54, 1.807) is 12.1 Å². The normalized spacial score (nSPS) is 16.4. The highest BCUT2D eigenvalue weighted by Gasteiger charge is 2.20. The highest BCUT2D eigenvalue weighted by atomic mass is 127. The molecule has 0 unspecified atom stereocenters. The molecular weight excluding hydrogens is 468 g/mol. The van der Waals surface area contributed by atoms with Gasteiger partial charge in [-0.05, 0) is 48.9 Å². The molecule has 0 radical (unpaired) electrons. The summed E-state index contributed by atoms with van der Waals surface area (Å²) in [4.78, 5) is 10.1. The van der Waals surface area contributed by atoms with Gasteiger partial charge in [-0.25, -0.2) is 4.39 Å². The van der Waals surface area contributed by atoms with E-state index in [2.05, 4.69) is 39.4 Å². The van der Waals surface area contributed by atoms with Crippen LogP contribution in [0.1, 0.15) is 32.3 Å². The lowest BCUT2D eigenvalue weighted by atomic mass is 10.0. The van der Waals surface area contributed by atoms with Gasteiger partial charge < -0.3 is 20.5 Å². The van der Waals surface area contributed by atoms with E-state index in [4.69, 9.17) is 0 Å². The fourth-order valence-corrected chi connectivity index (χ4v) is 3.84. The lowest BCUT2D eigenvalue weighted by Gasteiger charge is -2.34. The van der Waals surface area contributed by atoms with Crippen LogP contribution >= 0.6 is 24.0 Å². The van der Waals surface area contributed by atoms with E-state index < -0.39 is 0 Å². The summed E-state index contributed by atoms with van der Waals surface area (Å²) in [6.45, 7) is 8.79. The maximum Gasteiger partial charge on any atom is 0.191 e. The van der Waals surface area contributed by atoms with Crippen LogP contribution in [0.25, 0.3) is 10.9 Å². The Balaban J connectivity index is 0.00000280. The molecule has 0 aliphatic carbocycles. The molecule has 1 fully saturated rings. The van der Waals surface area contributed by atoms with Crippen molar-refractivity contribution in [2.24, 2.45) is 10.9 Å². The molecule has 1 aromatic heterocycles. The third kappa shape index (κ3) is 6.34. The third-order valence-electron chi connectivity index (χ3n) is 5.19. The van der Waals surface area contributed by atoms with Crippen LogP contribution in [-0.4, -0.2) is 55.1 Å². The smallest absolute Gasteiger partial charge is 0.191 e. The maximum atomic E-state index is 13.5. The first-order valence-corrected chi connectivity index (χ1v) is 10.00. The minimum atomic E-state index is -0.197. The number of aromatic nitrogens is 1. The molecule has 3 N–H and O–H groups in total. The van der Waals surface area contributed by atoms with Crippen molar-refractivity contribution in [3.8, 4) is 0 Å². The number of piperidine rings is 1. The zero-order chi connectivity index (χ0) is 19.2. The van der Waals surface area contributed by atoms with Crippen molar-refractivity contribution in [2.45, 2.75) is 39.2 Å². The van der Waals surface area contributed by atoms with E-state index in [1.807, 2.05) is 13.2 Å². The number of benzene rings is 1. The Morgan fingerprint density at radius 1 is 1.32 bits per heavy atom. The highest BCUT2D eigenvalue weighted by molar-refractivity contribution is 14.0. The van der Waals surface area contributed by atoms with Gasteiger partial charge >= 0.3 is 0 Å². The second-order valence-electron chi connectivity index (χ2n) is 7.87. The number of H-pyrrole nitrogens is 1. The van der Waals surface area contributed by atoms with Crippen LogP contribution in [0.5, 0.6) is 0 Å². The second-order valence-corrected chi connectivity index (χ2v) is 7.87. The number of aromatic amines is 1. The van der Waals surface area contributed by atoms with Crippen molar-refractivity contribution in [3.63, 3.8) is 0 Å². The zero-order valence-corrected chi connectivity index (χ0v) is 19.4. The molecule has 1 aromatic carbocycles. The molecule has 2 aromatic rings. The molecule has 1 aliphatic rings. The Kier molecular flexibility index (Phi) is 9.01. The maximum absolute atomic E-state index is 13.5. The van der Waals surface area contributed by atoms with E-state index in [-0.39, 0.29) is 29.8 Å². The quantitative estimate of drug-likeness (QED) is 0.321. The van der Waals surface area contributed by atoms with E-state index in [9.17, 15) is 4.39 Å². The predicted molar refractivity (Wildman–Crippen MR) is 126 cm³/mol. The van der Waals surface area contributed by atoms with Crippen molar-refractivity contribution in [1.82, 2.24) is 20.5 Å². The SMILES string of the molecule is CN=C(NCCc1c[nH]c2ccc(F)cc12)NC1CCN(CC(C)C)CC1.I. The highest BCUT2D eigenvalue weighted by Crippen LogP contribution is 2.19. The monoisotopic (exact) mass is 501 g/mol. The summed E-state index contributed by atoms with van der Waals surface area (Å²) in [5, 5.41) is 7.90. The van der Waals surface area contributed by atoms with Crippen LogP contribution in [0, 0.1) is 11.7 Å². The van der Waals surface area contributed by atoms with Gasteiger partial charge in [-0.1, -0.05) is 13.8 Å². The van der Waals surface area contributed by atoms with Gasteiger partial charge in [0.2, 0.25) is 0 Å². The Morgan fingerprint density at radius 2 is 2.07 bits per heavy atom. The molecule has 0 spiro atoms. The van der Waals surface area contributed by atoms with Gasteiger partial charge in [0.1, 0.15) is 5.82 Å². The zero-order valence-electron chi connectivity index (χ0n) is 17.1. The Hall–Kier alpha value is -1.35. The van der Waals surface area contributed by atoms with Crippen LogP contribution < -0.4 is 10.6 Å². The predicted octanol–water partition coefficient (Wildman–Crippen LogP) is 3.75. The largest absolute Gasteiger partial charge is 0.361 e. The van der Waals surface area contributed by atoms with Crippen molar-refractivity contribution in [3.05, 3.63) is 35.8 Å². The summed E-state index contributed by atoms with van der Waals surface area (Å²) in [6.07, 6.45) is 5.08. The Labute approximate surface area is 184 Å². The van der Waals surface area contributed by atoms with Crippen molar-refractivity contribution < 1.29 is 4.39 Å². The van der Waals surface area contributed by atoms with Crippen molar-refractivity contribution in [1.29, 1.82) is 0 Å². The lowest BCUT2D eigenvalue weighted by Crippen LogP contribution is -2.49. The number of rotatable bonds is 6. The molecular formula is C21H33FIN5. The molecule has 1 saturated heterocycles. The molecule has 0 atom stereocenters. The van der Waals surface area contributed by atoms with Gasteiger partial charge in [-0.2, -0.15) is 0 Å². The summed E-state index contributed by atoms with van der Waals surface area (Å²) >= 11 is 0. The number of fused-ring (bicyclic) bond motifs is 1. The molecule has 156 valence electrons. The van der Waals surface area contributed by atoms with Gasteiger partial charge in [-0.15, -0.1) is 24.0 Å². The lowest BCUT2D eigenvalue weighted by molar-refractivity contribution is 0.187. The molecule has 5 nitrogen and oxygen atoms in total. The van der Waals surface area contributed by atoms with Crippen LogP contribution in [-0.2, 0) is 6.42 Å². The van der Waals surface area contributed by atoms with Gasteiger partial charge in [0.25, 0.3) is 0 Å². The third-order valence-corrected chi connectivity index (χ3v) is 5.19.